The molecule has 2 heterocycles. The Hall–Kier alpha value is -3.96. The molecule has 0 fully saturated rings. The molecule has 1 aromatic heterocycles. The zero-order valence-electron chi connectivity index (χ0n) is 26.6. The predicted molar refractivity (Wildman–Crippen MR) is 197 cm³/mol. The number of amides is 1. The van der Waals surface area contributed by atoms with E-state index < -0.39 is 6.04 Å². The predicted octanol–water partition coefficient (Wildman–Crippen LogP) is 9.77. The van der Waals surface area contributed by atoms with Gasteiger partial charge in [0.05, 0.1) is 17.2 Å². The lowest BCUT2D eigenvalue weighted by atomic mass is 9.94. The van der Waals surface area contributed by atoms with Crippen LogP contribution in [-0.2, 0) is 17.2 Å². The van der Waals surface area contributed by atoms with E-state index in [4.69, 9.17) is 42.8 Å². The Morgan fingerprint density at radius 2 is 1.71 bits per heavy atom. The van der Waals surface area contributed by atoms with E-state index in [1.807, 2.05) is 99.6 Å². The second-order valence-corrected chi connectivity index (χ2v) is 13.8. The van der Waals surface area contributed by atoms with E-state index in [0.717, 1.165) is 33.5 Å². The highest BCUT2D eigenvalue weighted by atomic mass is 79.9. The summed E-state index contributed by atoms with van der Waals surface area (Å²) in [6, 6.07) is 24.2. The smallest absolute Gasteiger partial charge is 0.255 e. The fourth-order valence-electron chi connectivity index (χ4n) is 5.43. The molecule has 1 amide bonds. The maximum atomic E-state index is 14.2. The van der Waals surface area contributed by atoms with E-state index in [2.05, 4.69) is 26.6 Å². The number of methoxy groups -OCH3 is 1. The number of rotatable bonds is 10. The van der Waals surface area contributed by atoms with Crippen LogP contribution >= 0.6 is 50.9 Å². The molecule has 6 rings (SSSR count). The molecule has 1 unspecified atom stereocenters. The van der Waals surface area contributed by atoms with E-state index in [1.165, 1.54) is 11.8 Å². The van der Waals surface area contributed by atoms with Gasteiger partial charge < -0.3 is 20.1 Å². The highest BCUT2D eigenvalue weighted by molar-refractivity contribution is 9.10. The Morgan fingerprint density at radius 1 is 1.00 bits per heavy atom. The number of hydrogen-bond donors (Lipinski definition) is 2. The molecule has 1 aliphatic heterocycles. The van der Waals surface area contributed by atoms with Gasteiger partial charge in [-0.05, 0) is 89.3 Å². The second-order valence-electron chi connectivity index (χ2n) is 11.2. The summed E-state index contributed by atoms with van der Waals surface area (Å²) < 4.78 is 14.4. The summed E-state index contributed by atoms with van der Waals surface area (Å²) in [5.41, 5.74) is 6.50. The van der Waals surface area contributed by atoms with Crippen LogP contribution in [0.3, 0.4) is 0 Å². The van der Waals surface area contributed by atoms with E-state index in [-0.39, 0.29) is 12.5 Å². The third-order valence-electron chi connectivity index (χ3n) is 8.14. The van der Waals surface area contributed by atoms with Crippen molar-refractivity contribution in [3.63, 3.8) is 0 Å². The quantitative estimate of drug-likeness (QED) is 0.137. The van der Waals surface area contributed by atoms with Crippen LogP contribution in [0.5, 0.6) is 11.5 Å². The zero-order valence-corrected chi connectivity index (χ0v) is 30.5. The number of nitrogens with zero attached hydrogens (tertiary/aromatic N) is 3. The van der Waals surface area contributed by atoms with Crippen LogP contribution in [0, 0.1) is 13.8 Å². The summed E-state index contributed by atoms with van der Waals surface area (Å²) in [6.45, 7) is 6.11. The third kappa shape index (κ3) is 7.08. The Morgan fingerprint density at radius 3 is 2.42 bits per heavy atom. The van der Waals surface area contributed by atoms with Gasteiger partial charge in [-0.2, -0.15) is 4.98 Å². The average molecular weight is 766 g/mol. The summed E-state index contributed by atoms with van der Waals surface area (Å²) in [6.07, 6.45) is 0. The Labute approximate surface area is 302 Å². The highest BCUT2D eigenvalue weighted by Gasteiger charge is 2.36. The first-order valence-electron chi connectivity index (χ1n) is 15.1. The van der Waals surface area contributed by atoms with E-state index in [0.29, 0.717) is 54.1 Å². The fourth-order valence-corrected chi connectivity index (χ4v) is 7.31. The SMILES string of the molecule is COc1cc(C2C(C(=O)Nc3cccc(C)c3C)=C(C)Nc3nc(SCc4ccccc4Cl)nn32)cc(Br)c1OCc1ccccc1Cl. The van der Waals surface area contributed by atoms with Crippen LogP contribution in [0.15, 0.2) is 99.8 Å². The fraction of sp³-hybridized carbons (Fsp3) is 0.194. The number of thioether (sulfide) groups is 1. The Bertz CT molecular complexity index is 2050. The molecule has 0 spiro atoms. The van der Waals surface area contributed by atoms with E-state index >= 15 is 0 Å². The van der Waals surface area contributed by atoms with Crippen molar-refractivity contribution in [1.82, 2.24) is 14.8 Å². The molecule has 1 aliphatic rings. The molecule has 0 radical (unpaired) electrons. The number of benzene rings is 4. The second kappa shape index (κ2) is 14.7. The van der Waals surface area contributed by atoms with Crippen LogP contribution < -0.4 is 20.1 Å². The van der Waals surface area contributed by atoms with Gasteiger partial charge in [0.2, 0.25) is 11.1 Å². The number of aryl methyl sites for hydroxylation is 1. The molecule has 1 atom stereocenters. The van der Waals surface area contributed by atoms with Crippen molar-refractivity contribution >= 4 is 68.4 Å². The summed E-state index contributed by atoms with van der Waals surface area (Å²) in [7, 11) is 1.58. The normalized spacial score (nSPS) is 13.9. The number of allylic oxidation sites excluding steroid dienone is 1. The Kier molecular flexibility index (Phi) is 10.4. The minimum absolute atomic E-state index is 0.239. The number of ether oxygens (including phenoxy) is 2. The van der Waals surface area contributed by atoms with Crippen molar-refractivity contribution in [3.05, 3.63) is 132 Å². The van der Waals surface area contributed by atoms with Crippen molar-refractivity contribution in [2.45, 2.75) is 44.3 Å². The van der Waals surface area contributed by atoms with Crippen LogP contribution in [-0.4, -0.2) is 27.8 Å². The summed E-state index contributed by atoms with van der Waals surface area (Å²) in [4.78, 5) is 19.0. The topological polar surface area (TPSA) is 90.3 Å². The van der Waals surface area contributed by atoms with Gasteiger partial charge in [0.25, 0.3) is 5.91 Å². The van der Waals surface area contributed by atoms with Gasteiger partial charge in [-0.1, -0.05) is 83.5 Å². The molecule has 4 aromatic carbocycles. The Balaban J connectivity index is 1.39. The highest BCUT2D eigenvalue weighted by Crippen LogP contribution is 2.44. The molecule has 0 bridgehead atoms. The molecule has 0 saturated heterocycles. The van der Waals surface area contributed by atoms with E-state index in [1.54, 1.807) is 11.8 Å². The molecule has 0 aliphatic carbocycles. The first-order valence-corrected chi connectivity index (χ1v) is 17.6. The van der Waals surface area contributed by atoms with Gasteiger partial charge in [-0.15, -0.1) is 5.10 Å². The molecule has 5 aromatic rings. The summed E-state index contributed by atoms with van der Waals surface area (Å²) >= 11 is 18.0. The van der Waals surface area contributed by atoms with Crippen molar-refractivity contribution in [2.75, 3.05) is 17.7 Å². The number of hydrogen-bond acceptors (Lipinski definition) is 7. The minimum Gasteiger partial charge on any atom is -0.493 e. The van der Waals surface area contributed by atoms with Crippen molar-refractivity contribution < 1.29 is 14.3 Å². The van der Waals surface area contributed by atoms with Crippen LogP contribution in [0.25, 0.3) is 0 Å². The molecule has 0 saturated carbocycles. The first kappa shape index (κ1) is 33.9. The molecule has 8 nitrogen and oxygen atoms in total. The molecule has 48 heavy (non-hydrogen) atoms. The molecular weight excluding hydrogens is 733 g/mol. The van der Waals surface area contributed by atoms with Gasteiger partial charge in [0, 0.05) is 32.7 Å². The van der Waals surface area contributed by atoms with Crippen molar-refractivity contribution in [3.8, 4) is 11.5 Å². The maximum Gasteiger partial charge on any atom is 0.255 e. The molecule has 12 heteroatoms. The van der Waals surface area contributed by atoms with Gasteiger partial charge >= 0.3 is 0 Å². The number of carbonyl (C=O) groups excluding carboxylic acids is 1. The van der Waals surface area contributed by atoms with Crippen molar-refractivity contribution in [1.29, 1.82) is 0 Å². The minimum atomic E-state index is -0.656. The molecule has 246 valence electrons. The van der Waals surface area contributed by atoms with Gasteiger partial charge in [0.1, 0.15) is 12.6 Å². The van der Waals surface area contributed by atoms with Gasteiger partial charge in [0.15, 0.2) is 11.5 Å². The third-order valence-corrected chi connectivity index (χ3v) is 10.4. The lowest BCUT2D eigenvalue weighted by molar-refractivity contribution is -0.113. The standard InChI is InChI=1S/C36H32BrCl2N5O3S/c1-20-10-9-15-29(21(20)2)41-34(45)31-22(3)40-35-42-36(48-19-24-12-6-8-14-28(24)39)43-44(35)32(31)25-16-26(37)33(30(17-25)46-4)47-18-23-11-5-7-13-27(23)38/h5-17,32H,18-19H2,1-4H3,(H,41,45)(H,40,42,43). The number of fused-ring (bicyclic) bond motifs is 1. The number of halogens is 3. The van der Waals surface area contributed by atoms with Crippen molar-refractivity contribution in [2.24, 2.45) is 0 Å². The van der Waals surface area contributed by atoms with Crippen LogP contribution in [0.2, 0.25) is 10.0 Å². The largest absolute Gasteiger partial charge is 0.493 e. The van der Waals surface area contributed by atoms with Gasteiger partial charge in [-0.25, -0.2) is 4.68 Å². The maximum absolute atomic E-state index is 14.2. The molecular formula is C36H32BrCl2N5O3S. The number of carbonyl (C=O) groups is 1. The monoisotopic (exact) mass is 763 g/mol. The number of nitrogens with one attached hydrogen (secondary N) is 2. The summed E-state index contributed by atoms with van der Waals surface area (Å²) in [5, 5.41) is 13.2. The van der Waals surface area contributed by atoms with Crippen LogP contribution in [0.4, 0.5) is 11.6 Å². The number of aromatic nitrogens is 3. The lowest BCUT2D eigenvalue weighted by Gasteiger charge is -2.29. The first-order chi connectivity index (χ1) is 23.1. The van der Waals surface area contributed by atoms with E-state index in [9.17, 15) is 4.79 Å². The number of anilines is 2. The van der Waals surface area contributed by atoms with Crippen LogP contribution in [0.1, 0.15) is 40.8 Å². The average Bonchev–Trinajstić information content (AvgIpc) is 3.47. The zero-order chi connectivity index (χ0) is 33.9. The lowest BCUT2D eigenvalue weighted by Crippen LogP contribution is -2.31. The van der Waals surface area contributed by atoms with Gasteiger partial charge in [-0.3, -0.25) is 4.79 Å². The summed E-state index contributed by atoms with van der Waals surface area (Å²) in [5.74, 6) is 1.81. The molecule has 2 N–H and O–H groups in total.